The minimum absolute atomic E-state index is 0.280. The van der Waals surface area contributed by atoms with Crippen LogP contribution in [0.15, 0.2) is 72.0 Å². The third kappa shape index (κ3) is 3.35. The van der Waals surface area contributed by atoms with Crippen LogP contribution in [0, 0.1) is 5.82 Å². The average molecular weight is 403 g/mol. The standard InChI is InChI=1S/C20H13F4N3S/c21-14-6-8-15(9-7-14)27-19(28)16-5-2-10-25-18(16)17(26-27)12-3-1-4-13(11-12)20(22,23)24/h1-11,19,28H. The number of halogens is 4. The number of nitrogens with zero attached hydrogens (tertiary/aromatic N) is 3. The van der Waals surface area contributed by atoms with E-state index in [4.69, 9.17) is 0 Å². The summed E-state index contributed by atoms with van der Waals surface area (Å²) in [4.78, 5) is 4.31. The summed E-state index contributed by atoms with van der Waals surface area (Å²) >= 11 is 4.60. The molecule has 2 heterocycles. The molecule has 1 aliphatic rings. The summed E-state index contributed by atoms with van der Waals surface area (Å²) in [7, 11) is 0. The number of pyridine rings is 1. The predicted molar refractivity (Wildman–Crippen MR) is 102 cm³/mol. The van der Waals surface area contributed by atoms with Crippen molar-refractivity contribution in [1.82, 2.24) is 4.98 Å². The highest BCUT2D eigenvalue weighted by Crippen LogP contribution is 2.37. The van der Waals surface area contributed by atoms with Gasteiger partial charge in [0.15, 0.2) is 0 Å². The van der Waals surface area contributed by atoms with E-state index in [1.165, 1.54) is 35.3 Å². The molecule has 1 unspecified atom stereocenters. The Morgan fingerprint density at radius 3 is 2.43 bits per heavy atom. The third-order valence-corrected chi connectivity index (χ3v) is 4.83. The molecule has 2 aromatic carbocycles. The molecule has 3 aromatic rings. The molecular weight excluding hydrogens is 390 g/mol. The summed E-state index contributed by atoms with van der Waals surface area (Å²) in [6, 6.07) is 14.1. The van der Waals surface area contributed by atoms with Crippen LogP contribution in [0.2, 0.25) is 0 Å². The normalized spacial score (nSPS) is 16.5. The highest BCUT2D eigenvalue weighted by Gasteiger charge is 2.33. The second-order valence-corrected chi connectivity index (χ2v) is 6.65. The predicted octanol–water partition coefficient (Wildman–Crippen LogP) is 5.44. The van der Waals surface area contributed by atoms with Gasteiger partial charge in [-0.3, -0.25) is 4.98 Å². The van der Waals surface area contributed by atoms with Crippen molar-refractivity contribution < 1.29 is 17.6 Å². The van der Waals surface area contributed by atoms with Gasteiger partial charge in [0.1, 0.15) is 16.9 Å². The Labute approximate surface area is 163 Å². The maximum Gasteiger partial charge on any atom is 0.416 e. The largest absolute Gasteiger partial charge is 0.416 e. The Balaban J connectivity index is 1.88. The van der Waals surface area contributed by atoms with Crippen molar-refractivity contribution in [2.75, 3.05) is 5.01 Å². The lowest BCUT2D eigenvalue weighted by atomic mass is 9.99. The Morgan fingerprint density at radius 2 is 1.71 bits per heavy atom. The molecule has 8 heteroatoms. The number of fused-ring (bicyclic) bond motifs is 1. The van der Waals surface area contributed by atoms with Gasteiger partial charge in [-0.15, -0.1) is 12.6 Å². The molecule has 0 fully saturated rings. The number of hydrazone groups is 1. The number of thiol groups is 1. The minimum atomic E-state index is -4.47. The number of aromatic nitrogens is 1. The van der Waals surface area contributed by atoms with Gasteiger partial charge in [-0.1, -0.05) is 18.2 Å². The van der Waals surface area contributed by atoms with Crippen LogP contribution in [-0.4, -0.2) is 10.7 Å². The smallest absolute Gasteiger partial charge is 0.254 e. The topological polar surface area (TPSA) is 28.5 Å². The lowest BCUT2D eigenvalue weighted by Gasteiger charge is -2.32. The number of hydrogen-bond donors (Lipinski definition) is 1. The second kappa shape index (κ2) is 6.94. The van der Waals surface area contributed by atoms with Gasteiger partial charge in [-0.05, 0) is 42.5 Å². The molecule has 0 saturated carbocycles. The van der Waals surface area contributed by atoms with E-state index in [2.05, 4.69) is 22.7 Å². The fraction of sp³-hybridized carbons (Fsp3) is 0.100. The quantitative estimate of drug-likeness (QED) is 0.456. The molecular formula is C20H13F4N3S. The molecule has 142 valence electrons. The van der Waals surface area contributed by atoms with Gasteiger partial charge in [0.05, 0.1) is 16.9 Å². The molecule has 1 aromatic heterocycles. The van der Waals surface area contributed by atoms with Crippen LogP contribution >= 0.6 is 12.6 Å². The number of alkyl halides is 3. The molecule has 0 radical (unpaired) electrons. The molecule has 0 saturated heterocycles. The molecule has 0 aliphatic carbocycles. The first-order valence-corrected chi connectivity index (χ1v) is 8.80. The summed E-state index contributed by atoms with van der Waals surface area (Å²) in [6.45, 7) is 0. The Morgan fingerprint density at radius 1 is 0.964 bits per heavy atom. The van der Waals surface area contributed by atoms with Crippen LogP contribution in [0.1, 0.15) is 27.8 Å². The van der Waals surface area contributed by atoms with Gasteiger partial charge in [-0.2, -0.15) is 18.3 Å². The van der Waals surface area contributed by atoms with E-state index in [1.54, 1.807) is 24.4 Å². The number of anilines is 1. The first-order chi connectivity index (χ1) is 13.3. The van der Waals surface area contributed by atoms with Crippen molar-refractivity contribution >= 4 is 24.0 Å². The molecule has 0 amide bonds. The van der Waals surface area contributed by atoms with Crippen molar-refractivity contribution in [2.45, 2.75) is 11.6 Å². The van der Waals surface area contributed by atoms with Crippen molar-refractivity contribution in [3.8, 4) is 0 Å². The van der Waals surface area contributed by atoms with Crippen LogP contribution < -0.4 is 5.01 Å². The second-order valence-electron chi connectivity index (χ2n) is 6.16. The monoisotopic (exact) mass is 403 g/mol. The summed E-state index contributed by atoms with van der Waals surface area (Å²) in [6.07, 6.45) is -2.92. The zero-order chi connectivity index (χ0) is 19.9. The van der Waals surface area contributed by atoms with Crippen LogP contribution in [-0.2, 0) is 6.18 Å². The maximum absolute atomic E-state index is 13.3. The van der Waals surface area contributed by atoms with Gasteiger partial charge >= 0.3 is 6.18 Å². The molecule has 3 nitrogen and oxygen atoms in total. The zero-order valence-corrected chi connectivity index (χ0v) is 15.1. The highest BCUT2D eigenvalue weighted by atomic mass is 32.1. The maximum atomic E-state index is 13.3. The number of hydrogen-bond acceptors (Lipinski definition) is 4. The molecule has 1 atom stereocenters. The van der Waals surface area contributed by atoms with E-state index in [0.29, 0.717) is 16.9 Å². The van der Waals surface area contributed by atoms with Crippen LogP contribution in [0.5, 0.6) is 0 Å². The molecule has 28 heavy (non-hydrogen) atoms. The lowest BCUT2D eigenvalue weighted by Crippen LogP contribution is -2.29. The van der Waals surface area contributed by atoms with Crippen molar-refractivity contribution in [1.29, 1.82) is 0 Å². The van der Waals surface area contributed by atoms with E-state index in [-0.39, 0.29) is 11.3 Å². The van der Waals surface area contributed by atoms with Gasteiger partial charge in [0.2, 0.25) is 0 Å². The highest BCUT2D eigenvalue weighted by molar-refractivity contribution is 7.80. The third-order valence-electron chi connectivity index (χ3n) is 4.34. The van der Waals surface area contributed by atoms with Gasteiger partial charge in [-0.25, -0.2) is 9.40 Å². The SMILES string of the molecule is Fc1ccc(N2N=C(c3cccc(C(F)(F)F)c3)c3ncccc3C2S)cc1. The van der Waals surface area contributed by atoms with E-state index < -0.39 is 22.9 Å². The summed E-state index contributed by atoms with van der Waals surface area (Å²) in [5, 5.41) is 5.52. The molecule has 4 rings (SSSR count). The van der Waals surface area contributed by atoms with E-state index >= 15 is 0 Å². The van der Waals surface area contributed by atoms with Crippen LogP contribution in [0.4, 0.5) is 23.2 Å². The molecule has 0 spiro atoms. The first-order valence-electron chi connectivity index (χ1n) is 8.29. The number of rotatable bonds is 2. The van der Waals surface area contributed by atoms with Gasteiger partial charge in [0.25, 0.3) is 0 Å². The molecule has 1 aliphatic heterocycles. The molecule has 0 N–H and O–H groups in total. The van der Waals surface area contributed by atoms with Gasteiger partial charge < -0.3 is 0 Å². The van der Waals surface area contributed by atoms with Crippen molar-refractivity contribution in [3.63, 3.8) is 0 Å². The fourth-order valence-corrected chi connectivity index (χ4v) is 3.39. The Hall–Kier alpha value is -2.87. The fourth-order valence-electron chi connectivity index (χ4n) is 3.00. The van der Waals surface area contributed by atoms with E-state index in [0.717, 1.165) is 12.1 Å². The van der Waals surface area contributed by atoms with Gasteiger partial charge in [0, 0.05) is 17.3 Å². The summed E-state index contributed by atoms with van der Waals surface area (Å²) in [5.74, 6) is -0.402. The van der Waals surface area contributed by atoms with E-state index in [9.17, 15) is 17.6 Å². The lowest BCUT2D eigenvalue weighted by molar-refractivity contribution is -0.137. The van der Waals surface area contributed by atoms with Crippen molar-refractivity contribution in [3.05, 3.63) is 95.1 Å². The summed E-state index contributed by atoms with van der Waals surface area (Å²) in [5.41, 5.74) is 1.50. The molecule has 0 bridgehead atoms. The average Bonchev–Trinajstić information content (AvgIpc) is 2.69. The number of benzene rings is 2. The summed E-state index contributed by atoms with van der Waals surface area (Å²) < 4.78 is 52.8. The van der Waals surface area contributed by atoms with E-state index in [1.807, 2.05) is 0 Å². The first kappa shape index (κ1) is 18.5. The minimum Gasteiger partial charge on any atom is -0.254 e. The van der Waals surface area contributed by atoms with Crippen molar-refractivity contribution in [2.24, 2.45) is 5.10 Å². The Bertz CT molecular complexity index is 1050. The zero-order valence-electron chi connectivity index (χ0n) is 14.2. The van der Waals surface area contributed by atoms with Crippen LogP contribution in [0.3, 0.4) is 0 Å². The van der Waals surface area contributed by atoms with Crippen LogP contribution in [0.25, 0.3) is 0 Å². The Kier molecular flexibility index (Phi) is 4.58.